The highest BCUT2D eigenvalue weighted by Crippen LogP contribution is 2.26. The first-order valence-electron chi connectivity index (χ1n) is 6.89. The SMILES string of the molecule is O=C(NCc1ccc(O)cc1)c1csc(-c2cccc(Cl)c2)n1. The quantitative estimate of drug-likeness (QED) is 0.749. The molecule has 116 valence electrons. The maximum atomic E-state index is 12.2. The van der Waals surface area contributed by atoms with E-state index in [0.717, 1.165) is 16.1 Å². The molecule has 0 unspecified atom stereocenters. The van der Waals surface area contributed by atoms with Crippen LogP contribution in [0.1, 0.15) is 16.1 Å². The zero-order valence-electron chi connectivity index (χ0n) is 12.0. The summed E-state index contributed by atoms with van der Waals surface area (Å²) in [5.41, 5.74) is 2.17. The molecule has 0 aliphatic rings. The molecule has 0 saturated heterocycles. The van der Waals surface area contributed by atoms with Gasteiger partial charge in [0.2, 0.25) is 0 Å². The van der Waals surface area contributed by atoms with Gasteiger partial charge < -0.3 is 10.4 Å². The van der Waals surface area contributed by atoms with Crippen LogP contribution < -0.4 is 5.32 Å². The number of phenols is 1. The molecule has 0 spiro atoms. The Labute approximate surface area is 142 Å². The van der Waals surface area contributed by atoms with Crippen molar-refractivity contribution in [1.82, 2.24) is 10.3 Å². The van der Waals surface area contributed by atoms with Crippen LogP contribution in [0.25, 0.3) is 10.6 Å². The number of hydrogen-bond donors (Lipinski definition) is 2. The van der Waals surface area contributed by atoms with E-state index in [9.17, 15) is 9.90 Å². The molecule has 1 heterocycles. The number of hydrogen-bond acceptors (Lipinski definition) is 4. The van der Waals surface area contributed by atoms with Crippen molar-refractivity contribution in [3.8, 4) is 16.3 Å². The second-order valence-electron chi connectivity index (χ2n) is 4.90. The molecule has 2 aromatic carbocycles. The van der Waals surface area contributed by atoms with Crippen molar-refractivity contribution in [3.63, 3.8) is 0 Å². The Bertz CT molecular complexity index is 831. The van der Waals surface area contributed by atoms with E-state index >= 15 is 0 Å². The van der Waals surface area contributed by atoms with Crippen molar-refractivity contribution in [2.75, 3.05) is 0 Å². The monoisotopic (exact) mass is 344 g/mol. The van der Waals surface area contributed by atoms with E-state index in [2.05, 4.69) is 10.3 Å². The standard InChI is InChI=1S/C17H13ClN2O2S/c18-13-3-1-2-12(8-13)17-20-15(10-23-17)16(22)19-9-11-4-6-14(21)7-5-11/h1-8,10,21H,9H2,(H,19,22). The van der Waals surface area contributed by atoms with Crippen molar-refractivity contribution in [2.24, 2.45) is 0 Å². The van der Waals surface area contributed by atoms with Crippen molar-refractivity contribution in [1.29, 1.82) is 0 Å². The van der Waals surface area contributed by atoms with Gasteiger partial charge in [-0.1, -0.05) is 35.9 Å². The van der Waals surface area contributed by atoms with E-state index in [1.807, 2.05) is 18.2 Å². The number of thiazole rings is 1. The summed E-state index contributed by atoms with van der Waals surface area (Å²) in [7, 11) is 0. The molecule has 0 aliphatic carbocycles. The molecular weight excluding hydrogens is 332 g/mol. The summed E-state index contributed by atoms with van der Waals surface area (Å²) in [4.78, 5) is 16.5. The van der Waals surface area contributed by atoms with Gasteiger partial charge in [0.15, 0.2) is 0 Å². The second kappa shape index (κ2) is 6.81. The fraction of sp³-hybridized carbons (Fsp3) is 0.0588. The topological polar surface area (TPSA) is 62.2 Å². The lowest BCUT2D eigenvalue weighted by atomic mass is 10.2. The number of benzene rings is 2. The first-order chi connectivity index (χ1) is 11.1. The second-order valence-corrected chi connectivity index (χ2v) is 6.19. The zero-order chi connectivity index (χ0) is 16.2. The minimum Gasteiger partial charge on any atom is -0.508 e. The van der Waals surface area contributed by atoms with Crippen molar-refractivity contribution in [3.05, 3.63) is 70.2 Å². The molecule has 1 amide bonds. The summed E-state index contributed by atoms with van der Waals surface area (Å²) in [6.07, 6.45) is 0. The largest absolute Gasteiger partial charge is 0.508 e. The minimum atomic E-state index is -0.234. The van der Waals surface area contributed by atoms with E-state index in [0.29, 0.717) is 17.3 Å². The van der Waals surface area contributed by atoms with Crippen LogP contribution in [0.2, 0.25) is 5.02 Å². The molecule has 3 rings (SSSR count). The van der Waals surface area contributed by atoms with Crippen LogP contribution in [-0.2, 0) is 6.54 Å². The Hall–Kier alpha value is -2.37. The molecule has 1 aromatic heterocycles. The van der Waals surface area contributed by atoms with Crippen LogP contribution in [0.4, 0.5) is 0 Å². The Morgan fingerprint density at radius 1 is 1.22 bits per heavy atom. The summed E-state index contributed by atoms with van der Waals surface area (Å²) >= 11 is 7.37. The Kier molecular flexibility index (Phi) is 4.60. The Morgan fingerprint density at radius 2 is 2.00 bits per heavy atom. The van der Waals surface area contributed by atoms with E-state index in [-0.39, 0.29) is 11.7 Å². The number of amides is 1. The minimum absolute atomic E-state index is 0.200. The lowest BCUT2D eigenvalue weighted by molar-refractivity contribution is 0.0946. The third kappa shape index (κ3) is 3.88. The highest BCUT2D eigenvalue weighted by atomic mass is 35.5. The van der Waals surface area contributed by atoms with Gasteiger partial charge in [-0.25, -0.2) is 4.98 Å². The number of phenolic OH excluding ortho intramolecular Hbond substituents is 1. The molecule has 0 fully saturated rings. The van der Waals surface area contributed by atoms with Gasteiger partial charge in [0.25, 0.3) is 5.91 Å². The number of nitrogens with zero attached hydrogens (tertiary/aromatic N) is 1. The lowest BCUT2D eigenvalue weighted by Crippen LogP contribution is -2.23. The van der Waals surface area contributed by atoms with Crippen molar-refractivity contribution in [2.45, 2.75) is 6.54 Å². The van der Waals surface area contributed by atoms with Crippen LogP contribution in [0.3, 0.4) is 0 Å². The fourth-order valence-corrected chi connectivity index (χ4v) is 3.01. The molecule has 2 N–H and O–H groups in total. The molecule has 0 bridgehead atoms. The molecule has 0 aliphatic heterocycles. The van der Waals surface area contributed by atoms with Crippen LogP contribution in [0, 0.1) is 0 Å². The number of halogens is 1. The molecule has 0 atom stereocenters. The van der Waals surface area contributed by atoms with Crippen molar-refractivity contribution < 1.29 is 9.90 Å². The zero-order valence-corrected chi connectivity index (χ0v) is 13.6. The van der Waals surface area contributed by atoms with Gasteiger partial charge in [0.1, 0.15) is 16.5 Å². The van der Waals surface area contributed by atoms with Crippen LogP contribution in [0.15, 0.2) is 53.9 Å². The molecule has 3 aromatic rings. The average molecular weight is 345 g/mol. The average Bonchev–Trinajstić information content (AvgIpc) is 3.04. The number of aromatic hydroxyl groups is 1. The van der Waals surface area contributed by atoms with Gasteiger partial charge in [-0.15, -0.1) is 11.3 Å². The van der Waals surface area contributed by atoms with Crippen LogP contribution >= 0.6 is 22.9 Å². The third-order valence-corrected chi connectivity index (χ3v) is 4.32. The first-order valence-corrected chi connectivity index (χ1v) is 8.15. The number of aromatic nitrogens is 1. The Morgan fingerprint density at radius 3 is 2.74 bits per heavy atom. The normalized spacial score (nSPS) is 10.5. The summed E-state index contributed by atoms with van der Waals surface area (Å²) in [5, 5.41) is 15.2. The number of carbonyl (C=O) groups excluding carboxylic acids is 1. The molecule has 0 saturated carbocycles. The predicted molar refractivity (Wildman–Crippen MR) is 91.8 cm³/mol. The van der Waals surface area contributed by atoms with Crippen LogP contribution in [0.5, 0.6) is 5.75 Å². The first kappa shape index (κ1) is 15.5. The van der Waals surface area contributed by atoms with Crippen molar-refractivity contribution >= 4 is 28.8 Å². The maximum Gasteiger partial charge on any atom is 0.271 e. The van der Waals surface area contributed by atoms with Gasteiger partial charge in [0.05, 0.1) is 0 Å². The summed E-state index contributed by atoms with van der Waals surface area (Å²) < 4.78 is 0. The highest BCUT2D eigenvalue weighted by Gasteiger charge is 2.11. The lowest BCUT2D eigenvalue weighted by Gasteiger charge is -2.03. The fourth-order valence-electron chi connectivity index (χ4n) is 2.02. The molecule has 23 heavy (non-hydrogen) atoms. The maximum absolute atomic E-state index is 12.2. The van der Waals surface area contributed by atoms with Gasteiger partial charge >= 0.3 is 0 Å². The van der Waals surface area contributed by atoms with Gasteiger partial charge in [-0.05, 0) is 29.8 Å². The summed E-state index contributed by atoms with van der Waals surface area (Å²) in [6.45, 7) is 0.378. The van der Waals surface area contributed by atoms with Gasteiger partial charge in [-0.3, -0.25) is 4.79 Å². The number of rotatable bonds is 4. The van der Waals surface area contributed by atoms with E-state index < -0.39 is 0 Å². The Balaban J connectivity index is 1.67. The van der Waals surface area contributed by atoms with E-state index in [4.69, 9.17) is 11.6 Å². The summed E-state index contributed by atoms with van der Waals surface area (Å²) in [5.74, 6) is -0.0339. The molecular formula is C17H13ClN2O2S. The van der Waals surface area contributed by atoms with Gasteiger partial charge in [0, 0.05) is 22.5 Å². The smallest absolute Gasteiger partial charge is 0.271 e. The highest BCUT2D eigenvalue weighted by molar-refractivity contribution is 7.13. The molecule has 6 heteroatoms. The number of carbonyl (C=O) groups is 1. The van der Waals surface area contributed by atoms with Gasteiger partial charge in [-0.2, -0.15) is 0 Å². The van der Waals surface area contributed by atoms with E-state index in [1.165, 1.54) is 11.3 Å². The van der Waals surface area contributed by atoms with E-state index in [1.54, 1.807) is 35.7 Å². The third-order valence-electron chi connectivity index (χ3n) is 3.20. The molecule has 0 radical (unpaired) electrons. The molecule has 4 nitrogen and oxygen atoms in total. The number of nitrogens with one attached hydrogen (secondary N) is 1. The summed E-state index contributed by atoms with van der Waals surface area (Å²) in [6, 6.07) is 14.1. The van der Waals surface area contributed by atoms with Crippen LogP contribution in [-0.4, -0.2) is 16.0 Å². The predicted octanol–water partition coefficient (Wildman–Crippen LogP) is 4.10.